The van der Waals surface area contributed by atoms with E-state index >= 15 is 0 Å². The Kier molecular flexibility index (Phi) is 1.85. The number of aliphatic hydroxyl groups is 1. The molecule has 0 aromatic heterocycles. The molecule has 1 aromatic rings. The molecule has 0 unspecified atom stereocenters. The van der Waals surface area contributed by atoms with Crippen molar-refractivity contribution in [1.29, 1.82) is 0 Å². The van der Waals surface area contributed by atoms with Gasteiger partial charge in [0.2, 0.25) is 0 Å². The van der Waals surface area contributed by atoms with E-state index in [-0.39, 0.29) is 6.61 Å². The van der Waals surface area contributed by atoms with Gasteiger partial charge in [0.05, 0.1) is 6.61 Å². The molecule has 0 heterocycles. The summed E-state index contributed by atoms with van der Waals surface area (Å²) in [6, 6.07) is 7.52. The summed E-state index contributed by atoms with van der Waals surface area (Å²) in [5.41, 5.74) is 1.86. The third kappa shape index (κ3) is 1.54. The largest absolute Gasteiger partial charge is 0.392 e. The predicted octanol–water partition coefficient (Wildman–Crippen LogP) is 1.36. The summed E-state index contributed by atoms with van der Waals surface area (Å²) in [6.45, 7) is 3.82. The first-order valence-electron chi connectivity index (χ1n) is 2.84. The van der Waals surface area contributed by atoms with Gasteiger partial charge in [-0.25, -0.2) is 0 Å². The summed E-state index contributed by atoms with van der Waals surface area (Å²) >= 11 is 0. The molecule has 9 heavy (non-hydrogen) atoms. The molecule has 0 saturated heterocycles. The number of benzene rings is 1. The summed E-state index contributed by atoms with van der Waals surface area (Å²) in [6.07, 6.45) is 0. The van der Waals surface area contributed by atoms with Crippen LogP contribution in [-0.4, -0.2) is 5.11 Å². The third-order valence-corrected chi connectivity index (χ3v) is 1.17. The van der Waals surface area contributed by atoms with E-state index in [1.165, 1.54) is 0 Å². The first kappa shape index (κ1) is 6.30. The molecule has 1 radical (unpaired) electrons. The standard InChI is InChI=1S/C8H9O/c1-7-3-2-4-8(5-7)6-9/h2-5,9H,1,6H2. The third-order valence-electron chi connectivity index (χ3n) is 1.17. The van der Waals surface area contributed by atoms with Gasteiger partial charge in [0.1, 0.15) is 0 Å². The molecule has 1 aromatic carbocycles. The molecule has 1 N–H and O–H groups in total. The summed E-state index contributed by atoms with van der Waals surface area (Å²) < 4.78 is 0. The van der Waals surface area contributed by atoms with Crippen LogP contribution in [-0.2, 0) is 6.61 Å². The molecule has 1 nitrogen and oxygen atoms in total. The van der Waals surface area contributed by atoms with Gasteiger partial charge in [-0.3, -0.25) is 0 Å². The van der Waals surface area contributed by atoms with Crippen LogP contribution in [0.25, 0.3) is 0 Å². The van der Waals surface area contributed by atoms with Crippen LogP contribution in [0.4, 0.5) is 0 Å². The SMILES string of the molecule is [CH2]c1cccc(CO)c1. The second kappa shape index (κ2) is 2.65. The highest BCUT2D eigenvalue weighted by atomic mass is 16.3. The molecule has 0 spiro atoms. The van der Waals surface area contributed by atoms with Crippen LogP contribution < -0.4 is 0 Å². The van der Waals surface area contributed by atoms with Gasteiger partial charge in [0, 0.05) is 0 Å². The van der Waals surface area contributed by atoms with E-state index in [4.69, 9.17) is 5.11 Å². The Bertz CT molecular complexity index is 194. The summed E-state index contributed by atoms with van der Waals surface area (Å²) in [4.78, 5) is 0. The first-order valence-corrected chi connectivity index (χ1v) is 2.84. The molecule has 0 aliphatic rings. The van der Waals surface area contributed by atoms with Crippen molar-refractivity contribution in [3.05, 3.63) is 42.3 Å². The van der Waals surface area contributed by atoms with Gasteiger partial charge in [0.25, 0.3) is 0 Å². The predicted molar refractivity (Wildman–Crippen MR) is 36.8 cm³/mol. The van der Waals surface area contributed by atoms with Gasteiger partial charge in [-0.05, 0) is 18.1 Å². The van der Waals surface area contributed by atoms with Crippen molar-refractivity contribution >= 4 is 0 Å². The number of aliphatic hydroxyl groups excluding tert-OH is 1. The molecular formula is C8H9O. The zero-order valence-electron chi connectivity index (χ0n) is 5.17. The lowest BCUT2D eigenvalue weighted by atomic mass is 10.1. The fourth-order valence-electron chi connectivity index (χ4n) is 0.728. The maximum absolute atomic E-state index is 8.63. The molecular weight excluding hydrogens is 112 g/mol. The summed E-state index contributed by atoms with van der Waals surface area (Å²) in [5, 5.41) is 8.63. The minimum atomic E-state index is 0.101. The highest BCUT2D eigenvalue weighted by Gasteiger charge is 1.86. The van der Waals surface area contributed by atoms with Gasteiger partial charge >= 0.3 is 0 Å². The van der Waals surface area contributed by atoms with Crippen molar-refractivity contribution < 1.29 is 5.11 Å². The molecule has 0 aliphatic carbocycles. The number of hydrogen-bond acceptors (Lipinski definition) is 1. The van der Waals surface area contributed by atoms with Crippen molar-refractivity contribution in [3.63, 3.8) is 0 Å². The Hall–Kier alpha value is -0.820. The van der Waals surface area contributed by atoms with E-state index in [0.717, 1.165) is 11.1 Å². The summed E-state index contributed by atoms with van der Waals surface area (Å²) in [7, 11) is 0. The Labute approximate surface area is 55.0 Å². The Balaban J connectivity index is 2.94. The molecule has 0 fully saturated rings. The van der Waals surface area contributed by atoms with Crippen LogP contribution in [0.5, 0.6) is 0 Å². The summed E-state index contributed by atoms with van der Waals surface area (Å²) in [5.74, 6) is 0. The molecule has 1 heteroatoms. The molecule has 47 valence electrons. The molecule has 0 amide bonds. The zero-order valence-corrected chi connectivity index (χ0v) is 5.17. The average molecular weight is 121 g/mol. The van der Waals surface area contributed by atoms with E-state index in [0.29, 0.717) is 0 Å². The Morgan fingerprint density at radius 1 is 1.44 bits per heavy atom. The second-order valence-corrected chi connectivity index (χ2v) is 1.98. The highest BCUT2D eigenvalue weighted by molar-refractivity contribution is 5.24. The average Bonchev–Trinajstić information content (AvgIpc) is 1.88. The normalized spacial score (nSPS) is 9.56. The van der Waals surface area contributed by atoms with Crippen molar-refractivity contribution in [2.75, 3.05) is 0 Å². The van der Waals surface area contributed by atoms with E-state index in [1.807, 2.05) is 24.3 Å². The minimum absolute atomic E-state index is 0.101. The molecule has 0 saturated carbocycles. The second-order valence-electron chi connectivity index (χ2n) is 1.98. The first-order chi connectivity index (χ1) is 4.33. The lowest BCUT2D eigenvalue weighted by molar-refractivity contribution is 0.282. The lowest BCUT2D eigenvalue weighted by Crippen LogP contribution is -1.81. The maximum Gasteiger partial charge on any atom is 0.0681 e. The topological polar surface area (TPSA) is 20.2 Å². The van der Waals surface area contributed by atoms with Crippen LogP contribution in [0, 0.1) is 6.92 Å². The van der Waals surface area contributed by atoms with Crippen LogP contribution in [0.15, 0.2) is 24.3 Å². The molecule has 1 rings (SSSR count). The minimum Gasteiger partial charge on any atom is -0.392 e. The van der Waals surface area contributed by atoms with E-state index in [1.54, 1.807) is 0 Å². The zero-order chi connectivity index (χ0) is 6.69. The highest BCUT2D eigenvalue weighted by Crippen LogP contribution is 2.02. The van der Waals surface area contributed by atoms with Crippen molar-refractivity contribution in [3.8, 4) is 0 Å². The van der Waals surface area contributed by atoms with Gasteiger partial charge in [0.15, 0.2) is 0 Å². The fraction of sp³-hybridized carbons (Fsp3) is 0.125. The van der Waals surface area contributed by atoms with Crippen LogP contribution in [0.3, 0.4) is 0 Å². The van der Waals surface area contributed by atoms with Gasteiger partial charge in [-0.1, -0.05) is 24.3 Å². The monoisotopic (exact) mass is 121 g/mol. The quantitative estimate of drug-likeness (QED) is 0.594. The van der Waals surface area contributed by atoms with Gasteiger partial charge in [-0.2, -0.15) is 0 Å². The maximum atomic E-state index is 8.63. The van der Waals surface area contributed by atoms with E-state index < -0.39 is 0 Å². The Morgan fingerprint density at radius 3 is 2.67 bits per heavy atom. The van der Waals surface area contributed by atoms with Crippen molar-refractivity contribution in [2.45, 2.75) is 6.61 Å². The van der Waals surface area contributed by atoms with Crippen LogP contribution in [0.2, 0.25) is 0 Å². The van der Waals surface area contributed by atoms with Gasteiger partial charge < -0.3 is 5.11 Å². The van der Waals surface area contributed by atoms with Crippen molar-refractivity contribution in [2.24, 2.45) is 0 Å². The van der Waals surface area contributed by atoms with Crippen LogP contribution >= 0.6 is 0 Å². The number of rotatable bonds is 1. The van der Waals surface area contributed by atoms with Crippen molar-refractivity contribution in [1.82, 2.24) is 0 Å². The Morgan fingerprint density at radius 2 is 2.22 bits per heavy atom. The molecule has 0 aliphatic heterocycles. The smallest absolute Gasteiger partial charge is 0.0681 e. The van der Waals surface area contributed by atoms with Crippen LogP contribution in [0.1, 0.15) is 11.1 Å². The van der Waals surface area contributed by atoms with E-state index in [9.17, 15) is 0 Å². The lowest BCUT2D eigenvalue weighted by Gasteiger charge is -1.94. The number of hydrogen-bond donors (Lipinski definition) is 1. The van der Waals surface area contributed by atoms with E-state index in [2.05, 4.69) is 6.92 Å². The molecule has 0 bridgehead atoms. The molecule has 0 atom stereocenters. The fourth-order valence-corrected chi connectivity index (χ4v) is 0.728. The van der Waals surface area contributed by atoms with Gasteiger partial charge in [-0.15, -0.1) is 0 Å².